The summed E-state index contributed by atoms with van der Waals surface area (Å²) in [6, 6.07) is 6.16. The molecule has 2 N–H and O–H groups in total. The lowest BCUT2D eigenvalue weighted by molar-refractivity contribution is -0.147. The quantitative estimate of drug-likeness (QED) is 0.536. The van der Waals surface area contributed by atoms with Crippen LogP contribution in [0.2, 0.25) is 0 Å². The van der Waals surface area contributed by atoms with Crippen molar-refractivity contribution < 1.29 is 22.7 Å². The molecular formula is C21H27BrN2O5S. The molecule has 5 rings (SSSR count). The van der Waals surface area contributed by atoms with E-state index < -0.39 is 29.1 Å². The van der Waals surface area contributed by atoms with Crippen LogP contribution in [-0.2, 0) is 24.3 Å². The Morgan fingerprint density at radius 2 is 1.73 bits per heavy atom. The molecule has 30 heavy (non-hydrogen) atoms. The van der Waals surface area contributed by atoms with Crippen LogP contribution in [-0.4, -0.2) is 40.0 Å². The van der Waals surface area contributed by atoms with Crippen LogP contribution in [0.1, 0.15) is 38.5 Å². The van der Waals surface area contributed by atoms with Crippen molar-refractivity contribution in [2.75, 3.05) is 19.7 Å². The molecule has 4 bridgehead atoms. The molecule has 0 radical (unpaired) electrons. The van der Waals surface area contributed by atoms with Crippen molar-refractivity contribution in [3.05, 3.63) is 28.7 Å². The number of ether oxygens (including phenoxy) is 1. The van der Waals surface area contributed by atoms with Crippen molar-refractivity contribution >= 4 is 37.8 Å². The minimum Gasteiger partial charge on any atom is -0.455 e. The molecule has 0 saturated heterocycles. The highest BCUT2D eigenvalue weighted by atomic mass is 79.9. The number of amides is 1. The SMILES string of the molecule is O=C(COC(=O)CNS(=O)(=O)c1cccc(Br)c1)NCC12CC3CC(CC(C3)C1)C2. The average Bonchev–Trinajstić information content (AvgIpc) is 2.68. The largest absolute Gasteiger partial charge is 0.455 e. The molecule has 4 aliphatic rings. The van der Waals surface area contributed by atoms with Crippen LogP contribution in [0.5, 0.6) is 0 Å². The molecule has 4 fully saturated rings. The smallest absolute Gasteiger partial charge is 0.321 e. The monoisotopic (exact) mass is 498 g/mol. The highest BCUT2D eigenvalue weighted by Gasteiger charge is 2.50. The van der Waals surface area contributed by atoms with Crippen LogP contribution in [0.3, 0.4) is 0 Å². The number of hydrogen-bond donors (Lipinski definition) is 2. The summed E-state index contributed by atoms with van der Waals surface area (Å²) in [7, 11) is -3.83. The van der Waals surface area contributed by atoms with Crippen LogP contribution in [0.4, 0.5) is 0 Å². The van der Waals surface area contributed by atoms with E-state index in [9.17, 15) is 18.0 Å². The molecule has 9 heteroatoms. The van der Waals surface area contributed by atoms with Gasteiger partial charge in [-0.15, -0.1) is 0 Å². The van der Waals surface area contributed by atoms with E-state index in [4.69, 9.17) is 4.74 Å². The molecule has 0 unspecified atom stereocenters. The van der Waals surface area contributed by atoms with E-state index in [0.29, 0.717) is 11.0 Å². The van der Waals surface area contributed by atoms with Crippen LogP contribution in [0.25, 0.3) is 0 Å². The summed E-state index contributed by atoms with van der Waals surface area (Å²) in [5.74, 6) is 1.30. The number of benzene rings is 1. The fourth-order valence-electron chi connectivity index (χ4n) is 5.91. The fourth-order valence-corrected chi connectivity index (χ4v) is 7.48. The highest BCUT2D eigenvalue weighted by Crippen LogP contribution is 2.59. The Morgan fingerprint density at radius 1 is 1.10 bits per heavy atom. The van der Waals surface area contributed by atoms with Gasteiger partial charge in [-0.25, -0.2) is 8.42 Å². The van der Waals surface area contributed by atoms with E-state index in [1.54, 1.807) is 12.1 Å². The maximum atomic E-state index is 12.2. The lowest BCUT2D eigenvalue weighted by atomic mass is 9.49. The standard InChI is InChI=1S/C21H27BrN2O5S/c22-17-2-1-3-18(7-17)30(27,28)24-11-20(26)29-12-19(25)23-13-21-8-14-4-15(9-21)6-16(5-14)10-21/h1-3,7,14-16,24H,4-6,8-13H2,(H,23,25). The number of carbonyl (C=O) groups is 2. The number of hydrogen-bond acceptors (Lipinski definition) is 5. The van der Waals surface area contributed by atoms with Crippen molar-refractivity contribution in [1.29, 1.82) is 0 Å². The summed E-state index contributed by atoms with van der Waals surface area (Å²) >= 11 is 3.21. The zero-order valence-electron chi connectivity index (χ0n) is 16.7. The minimum absolute atomic E-state index is 0.0398. The molecule has 0 aromatic heterocycles. The number of rotatable bonds is 8. The maximum Gasteiger partial charge on any atom is 0.321 e. The van der Waals surface area contributed by atoms with Crippen molar-refractivity contribution in [3.8, 4) is 0 Å². The third-order valence-electron chi connectivity index (χ3n) is 6.70. The summed E-state index contributed by atoms with van der Waals surface area (Å²) in [4.78, 5) is 24.1. The van der Waals surface area contributed by atoms with E-state index in [0.717, 1.165) is 17.8 Å². The molecule has 0 atom stereocenters. The van der Waals surface area contributed by atoms with Gasteiger partial charge in [0, 0.05) is 11.0 Å². The van der Waals surface area contributed by atoms with E-state index in [1.807, 2.05) is 0 Å². The molecule has 1 aromatic rings. The van der Waals surface area contributed by atoms with Gasteiger partial charge in [0.25, 0.3) is 5.91 Å². The first-order valence-corrected chi connectivity index (χ1v) is 12.7. The van der Waals surface area contributed by atoms with Crippen molar-refractivity contribution in [1.82, 2.24) is 10.0 Å². The zero-order chi connectivity index (χ0) is 21.4. The fraction of sp³-hybridized carbons (Fsp3) is 0.619. The highest BCUT2D eigenvalue weighted by molar-refractivity contribution is 9.10. The second kappa shape index (κ2) is 8.59. The average molecular weight is 499 g/mol. The Hall–Kier alpha value is -1.45. The predicted octanol–water partition coefficient (Wildman–Crippen LogP) is 2.60. The molecule has 7 nitrogen and oxygen atoms in total. The second-order valence-corrected chi connectivity index (χ2v) is 11.8. The van der Waals surface area contributed by atoms with Gasteiger partial charge in [-0.2, -0.15) is 4.72 Å². The van der Waals surface area contributed by atoms with Gasteiger partial charge < -0.3 is 10.1 Å². The van der Waals surface area contributed by atoms with E-state index in [1.165, 1.54) is 50.7 Å². The molecule has 164 valence electrons. The summed E-state index contributed by atoms with van der Waals surface area (Å²) in [6.45, 7) is -0.288. The van der Waals surface area contributed by atoms with Crippen LogP contribution in [0.15, 0.2) is 33.6 Å². The summed E-state index contributed by atoms with van der Waals surface area (Å²) in [5.41, 5.74) is 0.216. The van der Waals surface area contributed by atoms with Crippen LogP contribution < -0.4 is 10.0 Å². The number of esters is 1. The third-order valence-corrected chi connectivity index (χ3v) is 8.59. The van der Waals surface area contributed by atoms with Gasteiger partial charge >= 0.3 is 5.97 Å². The molecule has 1 amide bonds. The summed E-state index contributed by atoms with van der Waals surface area (Å²) in [5, 5.41) is 2.94. The normalized spacial score (nSPS) is 29.6. The number of nitrogens with one attached hydrogen (secondary N) is 2. The van der Waals surface area contributed by atoms with Gasteiger partial charge in [0.1, 0.15) is 6.54 Å². The Bertz CT molecular complexity index is 898. The van der Waals surface area contributed by atoms with Gasteiger partial charge in [-0.1, -0.05) is 22.0 Å². The Labute approximate surface area is 185 Å². The molecular weight excluding hydrogens is 472 g/mol. The van der Waals surface area contributed by atoms with Crippen molar-refractivity contribution in [2.24, 2.45) is 23.2 Å². The molecule has 0 spiro atoms. The molecule has 4 aliphatic carbocycles. The summed E-state index contributed by atoms with van der Waals surface area (Å²) < 4.78 is 32.2. The van der Waals surface area contributed by atoms with Gasteiger partial charge in [0.05, 0.1) is 4.90 Å². The number of halogens is 1. The predicted molar refractivity (Wildman–Crippen MR) is 114 cm³/mol. The van der Waals surface area contributed by atoms with Crippen molar-refractivity contribution in [3.63, 3.8) is 0 Å². The van der Waals surface area contributed by atoms with Gasteiger partial charge in [-0.05, 0) is 79.9 Å². The summed E-state index contributed by atoms with van der Waals surface area (Å²) in [6.07, 6.45) is 7.62. The van der Waals surface area contributed by atoms with Crippen molar-refractivity contribution in [2.45, 2.75) is 43.4 Å². The first-order valence-electron chi connectivity index (χ1n) is 10.4. The molecule has 4 saturated carbocycles. The number of carbonyl (C=O) groups excluding carboxylic acids is 2. The lowest BCUT2D eigenvalue weighted by Crippen LogP contribution is -2.51. The van der Waals surface area contributed by atoms with Crippen LogP contribution >= 0.6 is 15.9 Å². The lowest BCUT2D eigenvalue weighted by Gasteiger charge is -2.56. The Kier molecular flexibility index (Phi) is 6.23. The molecule has 0 aliphatic heterocycles. The zero-order valence-corrected chi connectivity index (χ0v) is 19.1. The maximum absolute atomic E-state index is 12.2. The topological polar surface area (TPSA) is 102 Å². The van der Waals surface area contributed by atoms with Gasteiger partial charge in [0.15, 0.2) is 6.61 Å². The molecule has 0 heterocycles. The van der Waals surface area contributed by atoms with E-state index >= 15 is 0 Å². The van der Waals surface area contributed by atoms with Crippen LogP contribution in [0, 0.1) is 23.2 Å². The first kappa shape index (κ1) is 21.8. The third kappa shape index (κ3) is 5.06. The van der Waals surface area contributed by atoms with E-state index in [-0.39, 0.29) is 16.2 Å². The second-order valence-electron chi connectivity index (χ2n) is 9.14. The first-order chi connectivity index (χ1) is 14.2. The number of sulfonamides is 1. The minimum atomic E-state index is -3.83. The Morgan fingerprint density at radius 3 is 2.33 bits per heavy atom. The van der Waals surface area contributed by atoms with E-state index in [2.05, 4.69) is 26.0 Å². The molecule has 1 aromatic carbocycles. The Balaban J connectivity index is 1.19. The van der Waals surface area contributed by atoms with Gasteiger partial charge in [-0.3, -0.25) is 9.59 Å². The van der Waals surface area contributed by atoms with Gasteiger partial charge in [0.2, 0.25) is 10.0 Å².